The molecule has 0 aromatic carbocycles. The summed E-state index contributed by atoms with van der Waals surface area (Å²) in [5.74, 6) is 0.358. The van der Waals surface area contributed by atoms with Crippen LogP contribution in [0, 0.1) is 0 Å². The zero-order valence-corrected chi connectivity index (χ0v) is 8.96. The van der Waals surface area contributed by atoms with Crippen molar-refractivity contribution in [3.05, 3.63) is 0 Å². The van der Waals surface area contributed by atoms with E-state index in [0.29, 0.717) is 24.4 Å². The highest BCUT2D eigenvalue weighted by molar-refractivity contribution is 5.79. The Balaban J connectivity index is 1.93. The van der Waals surface area contributed by atoms with Gasteiger partial charge in [-0.2, -0.15) is 0 Å². The zero-order valence-electron chi connectivity index (χ0n) is 8.96. The summed E-state index contributed by atoms with van der Waals surface area (Å²) in [7, 11) is 1.95. The van der Waals surface area contributed by atoms with Crippen molar-refractivity contribution in [3.8, 4) is 0 Å². The van der Waals surface area contributed by atoms with Crippen molar-refractivity contribution in [3.63, 3.8) is 0 Å². The molecule has 0 aromatic rings. The highest BCUT2D eigenvalue weighted by Crippen LogP contribution is 2.26. The van der Waals surface area contributed by atoms with Crippen LogP contribution in [0.5, 0.6) is 0 Å². The Morgan fingerprint density at radius 2 is 2.00 bits per heavy atom. The molecule has 0 radical (unpaired) electrons. The first-order valence-electron chi connectivity index (χ1n) is 5.78. The number of nitrogens with one attached hydrogen (secondary N) is 1. The lowest BCUT2D eigenvalue weighted by Gasteiger charge is -2.31. The van der Waals surface area contributed by atoms with Gasteiger partial charge in [-0.05, 0) is 19.9 Å². The molecule has 1 unspecified atom stereocenters. The Bertz CT molecular complexity index is 211. The summed E-state index contributed by atoms with van der Waals surface area (Å²) in [5, 5.41) is 3.20. The Kier molecular flexibility index (Phi) is 3.06. The van der Waals surface area contributed by atoms with E-state index in [1.54, 1.807) is 0 Å². The fourth-order valence-electron chi connectivity index (χ4n) is 2.67. The molecule has 1 N–H and O–H groups in total. The summed E-state index contributed by atoms with van der Waals surface area (Å²) < 4.78 is 0. The second kappa shape index (κ2) is 4.30. The number of nitrogens with zero attached hydrogens (tertiary/aromatic N) is 1. The molecule has 1 atom stereocenters. The highest BCUT2D eigenvalue weighted by Gasteiger charge is 2.33. The van der Waals surface area contributed by atoms with E-state index in [1.165, 1.54) is 32.1 Å². The van der Waals surface area contributed by atoms with Crippen molar-refractivity contribution < 1.29 is 4.79 Å². The number of hydrogen-bond donors (Lipinski definition) is 1. The van der Waals surface area contributed by atoms with Crippen LogP contribution >= 0.6 is 0 Å². The van der Waals surface area contributed by atoms with Gasteiger partial charge in [0.1, 0.15) is 0 Å². The van der Waals surface area contributed by atoms with Crippen LogP contribution in [0.2, 0.25) is 0 Å². The van der Waals surface area contributed by atoms with Crippen molar-refractivity contribution in [1.29, 1.82) is 0 Å². The summed E-state index contributed by atoms with van der Waals surface area (Å²) in [5.41, 5.74) is 0. The molecule has 3 heteroatoms. The van der Waals surface area contributed by atoms with Crippen molar-refractivity contribution in [2.45, 2.75) is 50.6 Å². The molecular formula is C11H20N2O. The lowest BCUT2D eigenvalue weighted by molar-refractivity contribution is -0.130. The average Bonchev–Trinajstić information content (AvgIpc) is 2.61. The summed E-state index contributed by atoms with van der Waals surface area (Å²) in [4.78, 5) is 13.8. The van der Waals surface area contributed by atoms with Crippen LogP contribution < -0.4 is 5.32 Å². The normalized spacial score (nSPS) is 29.9. The number of rotatable bonds is 2. The summed E-state index contributed by atoms with van der Waals surface area (Å²) in [6.07, 6.45) is 7.11. The number of likely N-dealkylation sites (tertiary alicyclic amines) is 1. The van der Waals surface area contributed by atoms with Crippen LogP contribution in [-0.2, 0) is 4.79 Å². The third-order valence-corrected chi connectivity index (χ3v) is 3.58. The molecule has 0 spiro atoms. The van der Waals surface area contributed by atoms with E-state index < -0.39 is 0 Å². The van der Waals surface area contributed by atoms with Crippen molar-refractivity contribution in [2.24, 2.45) is 0 Å². The first kappa shape index (κ1) is 9.97. The standard InChI is InChI=1S/C11H20N2O/c1-12-9-7-11(14)13(8-9)10-5-3-2-4-6-10/h9-10,12H,2-8H2,1H3. The minimum absolute atomic E-state index is 0.358. The molecule has 1 saturated carbocycles. The number of likely N-dealkylation sites (N-methyl/N-ethyl adjacent to an activating group) is 1. The number of carbonyl (C=O) groups is 1. The largest absolute Gasteiger partial charge is 0.338 e. The summed E-state index contributed by atoms with van der Waals surface area (Å²) in [6.45, 7) is 0.931. The van der Waals surface area contributed by atoms with E-state index in [-0.39, 0.29) is 0 Å². The van der Waals surface area contributed by atoms with Gasteiger partial charge < -0.3 is 10.2 Å². The average molecular weight is 196 g/mol. The lowest BCUT2D eigenvalue weighted by atomic mass is 9.94. The molecule has 2 aliphatic rings. The molecule has 0 aromatic heterocycles. The molecule has 0 bridgehead atoms. The maximum Gasteiger partial charge on any atom is 0.224 e. The predicted octanol–water partition coefficient (Wildman–Crippen LogP) is 1.14. The van der Waals surface area contributed by atoms with E-state index in [0.717, 1.165) is 6.54 Å². The monoisotopic (exact) mass is 196 g/mol. The van der Waals surface area contributed by atoms with Gasteiger partial charge in [0.15, 0.2) is 0 Å². The topological polar surface area (TPSA) is 32.3 Å². The minimum Gasteiger partial charge on any atom is -0.338 e. The maximum atomic E-state index is 11.7. The number of hydrogen-bond acceptors (Lipinski definition) is 2. The molecular weight excluding hydrogens is 176 g/mol. The van der Waals surface area contributed by atoms with Gasteiger partial charge in [-0.25, -0.2) is 0 Å². The fraction of sp³-hybridized carbons (Fsp3) is 0.909. The Labute approximate surface area is 85.8 Å². The van der Waals surface area contributed by atoms with Crippen LogP contribution in [0.3, 0.4) is 0 Å². The fourth-order valence-corrected chi connectivity index (χ4v) is 2.67. The molecule has 1 aliphatic heterocycles. The van der Waals surface area contributed by atoms with E-state index >= 15 is 0 Å². The lowest BCUT2D eigenvalue weighted by Crippen LogP contribution is -2.39. The van der Waals surface area contributed by atoms with E-state index in [1.807, 2.05) is 7.05 Å². The van der Waals surface area contributed by atoms with Gasteiger partial charge in [0.2, 0.25) is 5.91 Å². The van der Waals surface area contributed by atoms with E-state index in [9.17, 15) is 4.79 Å². The van der Waals surface area contributed by atoms with Crippen molar-refractivity contribution in [1.82, 2.24) is 10.2 Å². The van der Waals surface area contributed by atoms with Crippen LogP contribution in [0.1, 0.15) is 38.5 Å². The Hall–Kier alpha value is -0.570. The van der Waals surface area contributed by atoms with Crippen LogP contribution in [0.15, 0.2) is 0 Å². The van der Waals surface area contributed by atoms with Crippen molar-refractivity contribution >= 4 is 5.91 Å². The maximum absolute atomic E-state index is 11.7. The summed E-state index contributed by atoms with van der Waals surface area (Å²) in [6, 6.07) is 0.944. The Morgan fingerprint density at radius 3 is 2.57 bits per heavy atom. The van der Waals surface area contributed by atoms with Gasteiger partial charge in [0.05, 0.1) is 0 Å². The summed E-state index contributed by atoms with van der Waals surface area (Å²) >= 11 is 0. The van der Waals surface area contributed by atoms with Gasteiger partial charge in [0, 0.05) is 25.0 Å². The minimum atomic E-state index is 0.358. The zero-order chi connectivity index (χ0) is 9.97. The van der Waals surface area contributed by atoms with E-state index in [4.69, 9.17) is 0 Å². The van der Waals surface area contributed by atoms with Gasteiger partial charge in [-0.1, -0.05) is 19.3 Å². The molecule has 2 fully saturated rings. The second-order valence-corrected chi connectivity index (χ2v) is 4.53. The number of amides is 1. The van der Waals surface area contributed by atoms with Gasteiger partial charge >= 0.3 is 0 Å². The molecule has 14 heavy (non-hydrogen) atoms. The van der Waals surface area contributed by atoms with Gasteiger partial charge in [0.25, 0.3) is 0 Å². The van der Waals surface area contributed by atoms with Crippen LogP contribution in [0.4, 0.5) is 0 Å². The molecule has 1 aliphatic carbocycles. The Morgan fingerprint density at radius 1 is 1.29 bits per heavy atom. The molecule has 80 valence electrons. The van der Waals surface area contributed by atoms with E-state index in [2.05, 4.69) is 10.2 Å². The molecule has 2 rings (SSSR count). The smallest absolute Gasteiger partial charge is 0.224 e. The first-order chi connectivity index (χ1) is 6.81. The highest BCUT2D eigenvalue weighted by atomic mass is 16.2. The third kappa shape index (κ3) is 1.92. The molecule has 1 heterocycles. The predicted molar refractivity (Wildman–Crippen MR) is 56.1 cm³/mol. The molecule has 1 amide bonds. The van der Waals surface area contributed by atoms with Crippen LogP contribution in [-0.4, -0.2) is 36.5 Å². The number of carbonyl (C=O) groups excluding carboxylic acids is 1. The SMILES string of the molecule is CNC1CC(=O)N(C2CCCCC2)C1. The molecule has 3 nitrogen and oxygen atoms in total. The van der Waals surface area contributed by atoms with Gasteiger partial charge in [-0.3, -0.25) is 4.79 Å². The van der Waals surface area contributed by atoms with Crippen LogP contribution in [0.25, 0.3) is 0 Å². The van der Waals surface area contributed by atoms with Gasteiger partial charge in [-0.15, -0.1) is 0 Å². The quantitative estimate of drug-likeness (QED) is 0.718. The first-order valence-corrected chi connectivity index (χ1v) is 5.78. The van der Waals surface area contributed by atoms with Crippen molar-refractivity contribution in [2.75, 3.05) is 13.6 Å². The molecule has 1 saturated heterocycles. The third-order valence-electron chi connectivity index (χ3n) is 3.58. The second-order valence-electron chi connectivity index (χ2n) is 4.53.